The Bertz CT molecular complexity index is 1210. The molecule has 31 heavy (non-hydrogen) atoms. The minimum atomic E-state index is -0.816. The Balaban J connectivity index is 1.70. The maximum atomic E-state index is 13.2. The predicted molar refractivity (Wildman–Crippen MR) is 121 cm³/mol. The third kappa shape index (κ3) is 4.92. The molecule has 1 N–H and O–H groups in total. The Kier molecular flexibility index (Phi) is 5.99. The summed E-state index contributed by atoms with van der Waals surface area (Å²) in [6.45, 7) is 2.02. The molecule has 0 radical (unpaired) electrons. The maximum absolute atomic E-state index is 13.2. The lowest BCUT2D eigenvalue weighted by atomic mass is 9.95. The number of halogens is 1. The van der Waals surface area contributed by atoms with Crippen LogP contribution in [0.15, 0.2) is 84.9 Å². The summed E-state index contributed by atoms with van der Waals surface area (Å²) in [5, 5.41) is 11.5. The summed E-state index contributed by atoms with van der Waals surface area (Å²) in [5.41, 5.74) is 3.71. The molecule has 0 saturated heterocycles. The van der Waals surface area contributed by atoms with Gasteiger partial charge < -0.3 is 9.84 Å². The molecule has 1 atom stereocenters. The molecule has 0 aromatic heterocycles. The van der Waals surface area contributed by atoms with Crippen molar-refractivity contribution in [3.63, 3.8) is 0 Å². The first-order valence-corrected chi connectivity index (χ1v) is 10.2. The van der Waals surface area contributed by atoms with Gasteiger partial charge in [0.15, 0.2) is 0 Å². The number of carbonyl (C=O) groups is 1. The second-order valence-corrected chi connectivity index (χ2v) is 7.75. The number of benzene rings is 4. The highest BCUT2D eigenvalue weighted by atomic mass is 19.1. The highest BCUT2D eigenvalue weighted by Crippen LogP contribution is 2.34. The van der Waals surface area contributed by atoms with Gasteiger partial charge in [0.25, 0.3) is 0 Å². The average molecular weight is 414 g/mol. The van der Waals surface area contributed by atoms with Crippen LogP contribution in [0.3, 0.4) is 0 Å². The van der Waals surface area contributed by atoms with E-state index in [1.807, 2.05) is 36.4 Å². The summed E-state index contributed by atoms with van der Waals surface area (Å²) in [6, 6.07) is 26.4. The van der Waals surface area contributed by atoms with E-state index in [9.17, 15) is 14.3 Å². The highest BCUT2D eigenvalue weighted by Gasteiger charge is 2.15. The molecule has 4 rings (SSSR count). The summed E-state index contributed by atoms with van der Waals surface area (Å²) < 4.78 is 19.3. The van der Waals surface area contributed by atoms with Gasteiger partial charge in [0.2, 0.25) is 0 Å². The summed E-state index contributed by atoms with van der Waals surface area (Å²) in [4.78, 5) is 11.3. The molecular formula is C27H23FO3. The molecule has 0 amide bonds. The number of hydrogen-bond donors (Lipinski definition) is 1. The van der Waals surface area contributed by atoms with E-state index in [1.54, 1.807) is 19.1 Å². The van der Waals surface area contributed by atoms with Crippen LogP contribution < -0.4 is 4.74 Å². The fraction of sp³-hybridized carbons (Fsp3) is 0.148. The van der Waals surface area contributed by atoms with Crippen LogP contribution in [-0.2, 0) is 17.8 Å². The molecule has 0 bridgehead atoms. The molecule has 0 aliphatic heterocycles. The zero-order valence-corrected chi connectivity index (χ0v) is 17.2. The SMILES string of the molecule is CC(Cc1ccc(OCc2ccc(F)cc2)c(-c2ccc3ccccc3c2)c1)C(=O)O. The zero-order valence-electron chi connectivity index (χ0n) is 17.2. The number of rotatable bonds is 7. The summed E-state index contributed by atoms with van der Waals surface area (Å²) in [6.07, 6.45) is 0.439. The Morgan fingerprint density at radius 3 is 2.35 bits per heavy atom. The fourth-order valence-electron chi connectivity index (χ4n) is 3.59. The molecule has 4 aromatic carbocycles. The van der Waals surface area contributed by atoms with Crippen LogP contribution in [0.4, 0.5) is 4.39 Å². The lowest BCUT2D eigenvalue weighted by Gasteiger charge is -2.15. The van der Waals surface area contributed by atoms with Gasteiger partial charge in [0.05, 0.1) is 5.92 Å². The maximum Gasteiger partial charge on any atom is 0.306 e. The van der Waals surface area contributed by atoms with Crippen LogP contribution in [-0.4, -0.2) is 11.1 Å². The standard InChI is InChI=1S/C27H23FO3/c1-18(27(29)30)14-20-8-13-26(31-17-19-6-11-24(28)12-7-19)25(15-20)23-10-9-21-4-2-3-5-22(21)16-23/h2-13,15-16,18H,14,17H2,1H3,(H,29,30). The third-order valence-electron chi connectivity index (χ3n) is 5.38. The van der Waals surface area contributed by atoms with Gasteiger partial charge in [-0.25, -0.2) is 4.39 Å². The van der Waals surface area contributed by atoms with E-state index >= 15 is 0 Å². The van der Waals surface area contributed by atoms with Crippen LogP contribution >= 0.6 is 0 Å². The predicted octanol–water partition coefficient (Wildman–Crippen LogP) is 6.49. The number of aliphatic carboxylic acids is 1. The van der Waals surface area contributed by atoms with E-state index < -0.39 is 11.9 Å². The monoisotopic (exact) mass is 414 g/mol. The van der Waals surface area contributed by atoms with Crippen LogP contribution in [0, 0.1) is 11.7 Å². The molecular weight excluding hydrogens is 391 g/mol. The first-order valence-electron chi connectivity index (χ1n) is 10.2. The average Bonchev–Trinajstić information content (AvgIpc) is 2.78. The zero-order chi connectivity index (χ0) is 21.8. The quantitative estimate of drug-likeness (QED) is 0.376. The smallest absolute Gasteiger partial charge is 0.306 e. The largest absolute Gasteiger partial charge is 0.488 e. The molecule has 4 aromatic rings. The first kappa shape index (κ1) is 20.6. The number of fused-ring (bicyclic) bond motifs is 1. The molecule has 0 aliphatic rings. The van der Waals surface area contributed by atoms with Crippen molar-refractivity contribution in [2.45, 2.75) is 20.0 Å². The van der Waals surface area contributed by atoms with E-state index in [-0.39, 0.29) is 5.82 Å². The van der Waals surface area contributed by atoms with Crippen molar-refractivity contribution in [2.24, 2.45) is 5.92 Å². The van der Waals surface area contributed by atoms with Gasteiger partial charge in [-0.2, -0.15) is 0 Å². The molecule has 0 spiro atoms. The van der Waals surface area contributed by atoms with Crippen LogP contribution in [0.25, 0.3) is 21.9 Å². The lowest BCUT2D eigenvalue weighted by Crippen LogP contribution is -2.12. The van der Waals surface area contributed by atoms with Crippen molar-refractivity contribution in [1.82, 2.24) is 0 Å². The minimum Gasteiger partial charge on any atom is -0.488 e. The van der Waals surface area contributed by atoms with E-state index in [1.165, 1.54) is 12.1 Å². The molecule has 0 heterocycles. The van der Waals surface area contributed by atoms with Crippen molar-refractivity contribution >= 4 is 16.7 Å². The molecule has 0 fully saturated rings. The number of hydrogen-bond acceptors (Lipinski definition) is 2. The van der Waals surface area contributed by atoms with Crippen molar-refractivity contribution in [3.8, 4) is 16.9 Å². The lowest BCUT2D eigenvalue weighted by molar-refractivity contribution is -0.141. The summed E-state index contributed by atoms with van der Waals surface area (Å²) >= 11 is 0. The molecule has 0 aliphatic carbocycles. The van der Waals surface area contributed by atoms with Gasteiger partial charge in [0, 0.05) is 5.56 Å². The summed E-state index contributed by atoms with van der Waals surface area (Å²) in [5.74, 6) is -0.872. The fourth-order valence-corrected chi connectivity index (χ4v) is 3.59. The molecule has 3 nitrogen and oxygen atoms in total. The molecule has 156 valence electrons. The van der Waals surface area contributed by atoms with Gasteiger partial charge in [-0.1, -0.05) is 61.5 Å². The number of carboxylic acids is 1. The van der Waals surface area contributed by atoms with Gasteiger partial charge in [0.1, 0.15) is 18.2 Å². The Morgan fingerprint density at radius 2 is 1.61 bits per heavy atom. The van der Waals surface area contributed by atoms with Gasteiger partial charge in [-0.05, 0) is 64.2 Å². The van der Waals surface area contributed by atoms with Gasteiger partial charge in [-0.15, -0.1) is 0 Å². The minimum absolute atomic E-state index is 0.280. The van der Waals surface area contributed by atoms with Crippen molar-refractivity contribution in [1.29, 1.82) is 0 Å². The van der Waals surface area contributed by atoms with E-state index in [4.69, 9.17) is 4.74 Å². The van der Waals surface area contributed by atoms with Gasteiger partial charge >= 0.3 is 5.97 Å². The topological polar surface area (TPSA) is 46.5 Å². The normalized spacial score (nSPS) is 11.9. The second kappa shape index (κ2) is 9.00. The Hall–Kier alpha value is -3.66. The van der Waals surface area contributed by atoms with Crippen LogP contribution in [0.1, 0.15) is 18.1 Å². The van der Waals surface area contributed by atoms with Crippen LogP contribution in [0.2, 0.25) is 0 Å². The first-order chi connectivity index (χ1) is 15.0. The van der Waals surface area contributed by atoms with Crippen molar-refractivity contribution in [3.05, 3.63) is 102 Å². The number of ether oxygens (including phenoxy) is 1. The van der Waals surface area contributed by atoms with Crippen molar-refractivity contribution < 1.29 is 19.0 Å². The Morgan fingerprint density at radius 1 is 0.903 bits per heavy atom. The Labute approximate surface area is 180 Å². The van der Waals surface area contributed by atoms with Gasteiger partial charge in [-0.3, -0.25) is 4.79 Å². The van der Waals surface area contributed by atoms with E-state index in [2.05, 4.69) is 24.3 Å². The van der Waals surface area contributed by atoms with Crippen molar-refractivity contribution in [2.75, 3.05) is 0 Å². The van der Waals surface area contributed by atoms with E-state index in [0.717, 1.165) is 33.0 Å². The van der Waals surface area contributed by atoms with Crippen LogP contribution in [0.5, 0.6) is 5.75 Å². The molecule has 1 unspecified atom stereocenters. The molecule has 0 saturated carbocycles. The second-order valence-electron chi connectivity index (χ2n) is 7.75. The van der Waals surface area contributed by atoms with E-state index in [0.29, 0.717) is 18.8 Å². The number of carboxylic acid groups (broad SMARTS) is 1. The third-order valence-corrected chi connectivity index (χ3v) is 5.38. The summed E-state index contributed by atoms with van der Waals surface area (Å²) in [7, 11) is 0. The molecule has 4 heteroatoms. The highest BCUT2D eigenvalue weighted by molar-refractivity contribution is 5.88.